The zero-order chi connectivity index (χ0) is 24.0. The fraction of sp³-hybridized carbons (Fsp3) is 0.385. The number of nitrogens with one attached hydrogen (secondary N) is 2. The Bertz CT molecular complexity index is 1240. The lowest BCUT2D eigenvalue weighted by atomic mass is 9.72. The van der Waals surface area contributed by atoms with Gasteiger partial charge in [0.25, 0.3) is 5.91 Å². The van der Waals surface area contributed by atoms with Crippen LogP contribution in [0, 0.1) is 11.3 Å². The van der Waals surface area contributed by atoms with E-state index < -0.39 is 12.1 Å². The Balaban J connectivity index is 1.38. The summed E-state index contributed by atoms with van der Waals surface area (Å²) in [6.45, 7) is 6.89. The monoisotopic (exact) mass is 496 g/mol. The molecule has 34 heavy (non-hydrogen) atoms. The highest BCUT2D eigenvalue weighted by Gasteiger charge is 2.36. The van der Waals surface area contributed by atoms with Gasteiger partial charge in [-0.2, -0.15) is 0 Å². The molecular weight excluding hydrogens is 468 g/mol. The van der Waals surface area contributed by atoms with E-state index in [0.717, 1.165) is 35.4 Å². The van der Waals surface area contributed by atoms with Crippen molar-refractivity contribution < 1.29 is 19.1 Å². The summed E-state index contributed by atoms with van der Waals surface area (Å²) in [5, 5.41) is 9.37. The third-order valence-corrected chi connectivity index (χ3v) is 8.75. The van der Waals surface area contributed by atoms with Gasteiger partial charge in [0, 0.05) is 4.88 Å². The van der Waals surface area contributed by atoms with E-state index in [2.05, 4.69) is 31.4 Å². The van der Waals surface area contributed by atoms with Gasteiger partial charge >= 0.3 is 5.97 Å². The summed E-state index contributed by atoms with van der Waals surface area (Å²) in [5.41, 5.74) is 3.09. The van der Waals surface area contributed by atoms with Gasteiger partial charge < -0.3 is 20.1 Å². The first-order chi connectivity index (χ1) is 16.2. The summed E-state index contributed by atoms with van der Waals surface area (Å²) >= 11 is 3.03. The maximum atomic E-state index is 13.1. The molecule has 2 N–H and O–H groups in total. The minimum absolute atomic E-state index is 0.0439. The number of anilines is 1. The molecule has 1 aliphatic carbocycles. The van der Waals surface area contributed by atoms with Crippen molar-refractivity contribution in [3.8, 4) is 11.5 Å². The van der Waals surface area contributed by atoms with Crippen LogP contribution in [-0.4, -0.2) is 19.0 Å². The van der Waals surface area contributed by atoms with Gasteiger partial charge in [-0.3, -0.25) is 4.79 Å². The Morgan fingerprint density at radius 3 is 2.68 bits per heavy atom. The molecule has 2 atom stereocenters. The van der Waals surface area contributed by atoms with E-state index in [9.17, 15) is 9.59 Å². The van der Waals surface area contributed by atoms with Gasteiger partial charge in [0.05, 0.1) is 12.7 Å². The molecule has 3 aromatic rings. The smallest absolute Gasteiger partial charge is 0.353 e. The average molecular weight is 497 g/mol. The van der Waals surface area contributed by atoms with E-state index in [1.165, 1.54) is 28.9 Å². The molecule has 0 saturated carbocycles. The topological polar surface area (TPSA) is 76.7 Å². The summed E-state index contributed by atoms with van der Waals surface area (Å²) in [6.07, 6.45) is 2.68. The number of benzene rings is 1. The lowest BCUT2D eigenvalue weighted by Gasteiger charge is -2.34. The maximum absolute atomic E-state index is 13.1. The molecule has 1 aromatic carbocycles. The van der Waals surface area contributed by atoms with Crippen LogP contribution in [0.15, 0.2) is 35.7 Å². The highest BCUT2D eigenvalue weighted by Crippen LogP contribution is 2.46. The van der Waals surface area contributed by atoms with Crippen LogP contribution in [0.3, 0.4) is 0 Å². The average Bonchev–Trinajstić information content (AvgIpc) is 3.46. The summed E-state index contributed by atoms with van der Waals surface area (Å²) in [5.74, 6) is 0.924. The van der Waals surface area contributed by atoms with E-state index in [0.29, 0.717) is 22.3 Å². The van der Waals surface area contributed by atoms with Gasteiger partial charge in [0.1, 0.15) is 16.0 Å². The number of carbonyl (C=O) groups is 2. The van der Waals surface area contributed by atoms with E-state index in [1.54, 1.807) is 35.6 Å². The van der Waals surface area contributed by atoms with Crippen molar-refractivity contribution in [2.24, 2.45) is 11.3 Å². The number of rotatable bonds is 4. The van der Waals surface area contributed by atoms with Crippen molar-refractivity contribution in [3.63, 3.8) is 0 Å². The molecule has 0 saturated heterocycles. The van der Waals surface area contributed by atoms with Crippen LogP contribution in [0.5, 0.6) is 11.5 Å². The van der Waals surface area contributed by atoms with Gasteiger partial charge in [-0.15, -0.1) is 22.7 Å². The summed E-state index contributed by atoms with van der Waals surface area (Å²) in [7, 11) is 1.53. The van der Waals surface area contributed by atoms with Crippen molar-refractivity contribution >= 4 is 39.6 Å². The first-order valence-electron chi connectivity index (χ1n) is 11.4. The van der Waals surface area contributed by atoms with Crippen LogP contribution < -0.4 is 20.1 Å². The van der Waals surface area contributed by atoms with Gasteiger partial charge in [-0.25, -0.2) is 4.79 Å². The third kappa shape index (κ3) is 4.20. The number of thiophene rings is 2. The normalized spacial score (nSPS) is 19.5. The van der Waals surface area contributed by atoms with Gasteiger partial charge in [0.2, 0.25) is 0 Å². The van der Waals surface area contributed by atoms with E-state index in [-0.39, 0.29) is 11.3 Å². The van der Waals surface area contributed by atoms with Gasteiger partial charge in [-0.1, -0.05) is 32.9 Å². The maximum Gasteiger partial charge on any atom is 0.353 e. The SMILES string of the molecule is COc1cc([C@@H]2NC(=O)c3c(sc4c3CC[C@H](C(C)(C)C)C4)N2)ccc1OC(=O)c1cccs1. The first kappa shape index (κ1) is 22.9. The number of fused-ring (bicyclic) bond motifs is 3. The summed E-state index contributed by atoms with van der Waals surface area (Å²) in [4.78, 5) is 27.3. The van der Waals surface area contributed by atoms with E-state index in [4.69, 9.17) is 9.47 Å². The second-order valence-electron chi connectivity index (χ2n) is 9.84. The Labute approximate surface area is 207 Å². The molecule has 0 radical (unpaired) electrons. The van der Waals surface area contributed by atoms with Crippen molar-refractivity contribution in [1.82, 2.24) is 5.32 Å². The minimum Gasteiger partial charge on any atom is -0.493 e. The highest BCUT2D eigenvalue weighted by atomic mass is 32.1. The summed E-state index contributed by atoms with van der Waals surface area (Å²) < 4.78 is 11.0. The predicted octanol–water partition coefficient (Wildman–Crippen LogP) is 6.04. The van der Waals surface area contributed by atoms with Gasteiger partial charge in [0.15, 0.2) is 11.5 Å². The van der Waals surface area contributed by atoms with Crippen LogP contribution in [0.25, 0.3) is 0 Å². The Morgan fingerprint density at radius 2 is 1.97 bits per heavy atom. The Morgan fingerprint density at radius 1 is 1.15 bits per heavy atom. The zero-order valence-corrected chi connectivity index (χ0v) is 21.3. The number of ether oxygens (including phenoxy) is 2. The fourth-order valence-corrected chi connectivity index (χ4v) is 6.65. The largest absolute Gasteiger partial charge is 0.493 e. The molecule has 178 valence electrons. The molecule has 8 heteroatoms. The lowest BCUT2D eigenvalue weighted by Crippen LogP contribution is -2.38. The number of amides is 1. The molecule has 2 aromatic heterocycles. The quantitative estimate of drug-likeness (QED) is 0.340. The second kappa shape index (κ2) is 8.74. The number of hydrogen-bond donors (Lipinski definition) is 2. The Kier molecular flexibility index (Phi) is 5.90. The van der Waals surface area contributed by atoms with Gasteiger partial charge in [-0.05, 0) is 65.3 Å². The Hall–Kier alpha value is -2.84. The van der Waals surface area contributed by atoms with Crippen LogP contribution in [0.1, 0.15) is 69.4 Å². The van der Waals surface area contributed by atoms with E-state index >= 15 is 0 Å². The fourth-order valence-electron chi connectivity index (χ4n) is 4.70. The predicted molar refractivity (Wildman–Crippen MR) is 135 cm³/mol. The van der Waals surface area contributed by atoms with Crippen LogP contribution in [-0.2, 0) is 12.8 Å². The highest BCUT2D eigenvalue weighted by molar-refractivity contribution is 7.16. The molecule has 3 heterocycles. The molecule has 0 unspecified atom stereocenters. The molecule has 0 spiro atoms. The van der Waals surface area contributed by atoms with Crippen LogP contribution in [0.2, 0.25) is 0 Å². The number of methoxy groups -OCH3 is 1. The third-order valence-electron chi connectivity index (χ3n) is 6.71. The lowest BCUT2D eigenvalue weighted by molar-refractivity contribution is 0.0734. The number of hydrogen-bond acceptors (Lipinski definition) is 7. The molecular formula is C26H28N2O4S2. The van der Waals surface area contributed by atoms with E-state index in [1.807, 2.05) is 11.4 Å². The first-order valence-corrected chi connectivity index (χ1v) is 13.1. The molecule has 2 aliphatic rings. The number of esters is 1. The van der Waals surface area contributed by atoms with Crippen molar-refractivity contribution in [2.45, 2.75) is 46.2 Å². The molecule has 1 amide bonds. The van der Waals surface area contributed by atoms with Crippen molar-refractivity contribution in [3.05, 3.63) is 62.2 Å². The van der Waals surface area contributed by atoms with Crippen molar-refractivity contribution in [2.75, 3.05) is 12.4 Å². The second-order valence-corrected chi connectivity index (χ2v) is 11.9. The molecule has 0 fully saturated rings. The molecule has 0 bridgehead atoms. The van der Waals surface area contributed by atoms with Crippen molar-refractivity contribution in [1.29, 1.82) is 0 Å². The zero-order valence-electron chi connectivity index (χ0n) is 19.7. The molecule has 1 aliphatic heterocycles. The minimum atomic E-state index is -0.424. The standard InChI is InChI=1S/C26H28N2O4S2/c1-26(2,3)15-8-9-16-20(13-15)34-24-21(16)23(29)27-22(28-24)14-7-10-17(18(12-14)31-4)32-25(30)19-6-5-11-33-19/h5-7,10-12,15,22,28H,8-9,13H2,1-4H3,(H,27,29)/t15-,22+/m0/s1. The molecule has 6 nitrogen and oxygen atoms in total. The number of carbonyl (C=O) groups excluding carboxylic acids is 2. The molecule has 5 rings (SSSR count). The summed E-state index contributed by atoms with van der Waals surface area (Å²) in [6, 6.07) is 8.86. The van der Waals surface area contributed by atoms with Crippen LogP contribution in [0.4, 0.5) is 5.00 Å². The van der Waals surface area contributed by atoms with Crippen LogP contribution >= 0.6 is 22.7 Å².